The Kier molecular flexibility index (Phi) is 4.15. The highest BCUT2D eigenvalue weighted by Gasteiger charge is 2.14. The molecule has 0 radical (unpaired) electrons. The molecule has 0 amide bonds. The quantitative estimate of drug-likeness (QED) is 0.671. The molecule has 3 rings (SSSR count). The van der Waals surface area contributed by atoms with Gasteiger partial charge in [-0.2, -0.15) is 0 Å². The second-order valence-corrected chi connectivity index (χ2v) is 5.46. The number of benzene rings is 1. The molecule has 2 heterocycles. The SMILES string of the molecule is CC(C)c1ccc(N(c2ccccn2)c2ccccn2)cc1. The van der Waals surface area contributed by atoms with Crippen LogP contribution in [-0.2, 0) is 0 Å². The molecule has 3 nitrogen and oxygen atoms in total. The predicted octanol–water partition coefficient (Wildman–Crippen LogP) is 5.07. The monoisotopic (exact) mass is 289 g/mol. The molecular formula is C19H19N3. The van der Waals surface area contributed by atoms with Gasteiger partial charge in [0.15, 0.2) is 0 Å². The maximum Gasteiger partial charge on any atom is 0.138 e. The van der Waals surface area contributed by atoms with Gasteiger partial charge in [0.05, 0.1) is 0 Å². The standard InChI is InChI=1S/C19H19N3/c1-15(2)16-9-11-17(12-10-16)22(18-7-3-5-13-20-18)19-8-4-6-14-21-19/h3-15H,1-2H3. The Morgan fingerprint density at radius 3 is 1.68 bits per heavy atom. The summed E-state index contributed by atoms with van der Waals surface area (Å²) < 4.78 is 0. The molecule has 0 aliphatic rings. The van der Waals surface area contributed by atoms with E-state index in [1.165, 1.54) is 5.56 Å². The molecule has 0 atom stereocenters. The summed E-state index contributed by atoms with van der Waals surface area (Å²) >= 11 is 0. The minimum absolute atomic E-state index is 0.521. The second-order valence-electron chi connectivity index (χ2n) is 5.46. The van der Waals surface area contributed by atoms with Crippen LogP contribution in [0.3, 0.4) is 0 Å². The summed E-state index contributed by atoms with van der Waals surface area (Å²) in [6.07, 6.45) is 3.60. The van der Waals surface area contributed by atoms with Crippen LogP contribution in [0.25, 0.3) is 0 Å². The molecule has 3 heteroatoms. The van der Waals surface area contributed by atoms with E-state index in [2.05, 4.69) is 53.0 Å². The molecule has 0 fully saturated rings. The number of nitrogens with zero attached hydrogens (tertiary/aromatic N) is 3. The van der Waals surface area contributed by atoms with E-state index < -0.39 is 0 Å². The minimum atomic E-state index is 0.521. The van der Waals surface area contributed by atoms with Crippen molar-refractivity contribution >= 4 is 17.3 Å². The summed E-state index contributed by atoms with van der Waals surface area (Å²) in [4.78, 5) is 11.0. The summed E-state index contributed by atoms with van der Waals surface area (Å²) in [7, 11) is 0. The highest BCUT2D eigenvalue weighted by atomic mass is 15.2. The summed E-state index contributed by atoms with van der Waals surface area (Å²) in [5.41, 5.74) is 2.38. The Bertz CT molecular complexity index is 667. The molecule has 0 unspecified atom stereocenters. The highest BCUT2D eigenvalue weighted by molar-refractivity contribution is 5.71. The normalized spacial score (nSPS) is 10.7. The minimum Gasteiger partial charge on any atom is -0.279 e. The van der Waals surface area contributed by atoms with Gasteiger partial charge < -0.3 is 0 Å². The van der Waals surface area contributed by atoms with E-state index >= 15 is 0 Å². The Morgan fingerprint density at radius 1 is 0.727 bits per heavy atom. The van der Waals surface area contributed by atoms with Gasteiger partial charge in [0, 0.05) is 18.1 Å². The zero-order chi connectivity index (χ0) is 15.4. The lowest BCUT2D eigenvalue weighted by Crippen LogP contribution is -2.12. The van der Waals surface area contributed by atoms with Crippen LogP contribution in [0.2, 0.25) is 0 Å². The Hall–Kier alpha value is -2.68. The molecule has 0 saturated carbocycles. The van der Waals surface area contributed by atoms with Crippen molar-refractivity contribution in [2.24, 2.45) is 0 Å². The van der Waals surface area contributed by atoms with E-state index in [0.717, 1.165) is 17.3 Å². The smallest absolute Gasteiger partial charge is 0.138 e. The van der Waals surface area contributed by atoms with Crippen LogP contribution in [0, 0.1) is 0 Å². The van der Waals surface area contributed by atoms with E-state index in [1.54, 1.807) is 12.4 Å². The van der Waals surface area contributed by atoms with Crippen molar-refractivity contribution in [2.45, 2.75) is 19.8 Å². The van der Waals surface area contributed by atoms with Gasteiger partial charge in [-0.1, -0.05) is 38.1 Å². The maximum atomic E-state index is 4.48. The van der Waals surface area contributed by atoms with Gasteiger partial charge in [-0.25, -0.2) is 9.97 Å². The van der Waals surface area contributed by atoms with Gasteiger partial charge in [0.1, 0.15) is 11.6 Å². The molecule has 0 aliphatic carbocycles. The number of aromatic nitrogens is 2. The van der Waals surface area contributed by atoms with Crippen molar-refractivity contribution in [3.8, 4) is 0 Å². The van der Waals surface area contributed by atoms with Crippen LogP contribution >= 0.6 is 0 Å². The fraction of sp³-hybridized carbons (Fsp3) is 0.158. The van der Waals surface area contributed by atoms with Crippen LogP contribution in [0.1, 0.15) is 25.3 Å². The van der Waals surface area contributed by atoms with Crippen molar-refractivity contribution in [3.05, 3.63) is 78.6 Å². The van der Waals surface area contributed by atoms with Gasteiger partial charge in [0.25, 0.3) is 0 Å². The lowest BCUT2D eigenvalue weighted by Gasteiger charge is -2.23. The van der Waals surface area contributed by atoms with Crippen LogP contribution in [0.5, 0.6) is 0 Å². The van der Waals surface area contributed by atoms with Gasteiger partial charge >= 0.3 is 0 Å². The molecule has 22 heavy (non-hydrogen) atoms. The maximum absolute atomic E-state index is 4.48. The summed E-state index contributed by atoms with van der Waals surface area (Å²) in [6.45, 7) is 4.40. The number of rotatable bonds is 4. The van der Waals surface area contributed by atoms with Gasteiger partial charge in [-0.3, -0.25) is 4.90 Å². The first kappa shape index (κ1) is 14.3. The molecule has 1 aromatic carbocycles. The molecule has 0 aliphatic heterocycles. The molecule has 110 valence electrons. The number of pyridine rings is 2. The van der Waals surface area contributed by atoms with Crippen molar-refractivity contribution in [3.63, 3.8) is 0 Å². The number of hydrogen-bond acceptors (Lipinski definition) is 3. The van der Waals surface area contributed by atoms with Crippen LogP contribution in [0.15, 0.2) is 73.1 Å². The first-order valence-corrected chi connectivity index (χ1v) is 7.48. The summed E-state index contributed by atoms with van der Waals surface area (Å²) in [5.74, 6) is 2.24. The highest BCUT2D eigenvalue weighted by Crippen LogP contribution is 2.32. The fourth-order valence-corrected chi connectivity index (χ4v) is 2.36. The molecule has 0 saturated heterocycles. The van der Waals surface area contributed by atoms with Gasteiger partial charge in [-0.15, -0.1) is 0 Å². The first-order chi connectivity index (χ1) is 10.8. The molecule has 0 spiro atoms. The lowest BCUT2D eigenvalue weighted by atomic mass is 10.0. The number of hydrogen-bond donors (Lipinski definition) is 0. The Balaban J connectivity index is 2.06. The van der Waals surface area contributed by atoms with Crippen molar-refractivity contribution in [2.75, 3.05) is 4.90 Å². The topological polar surface area (TPSA) is 29.0 Å². The van der Waals surface area contributed by atoms with E-state index in [4.69, 9.17) is 0 Å². The number of anilines is 3. The fourth-order valence-electron chi connectivity index (χ4n) is 2.36. The Labute approximate surface area is 131 Å². The lowest BCUT2D eigenvalue weighted by molar-refractivity contribution is 0.866. The summed E-state index contributed by atoms with van der Waals surface area (Å²) in [5, 5.41) is 0. The Morgan fingerprint density at radius 2 is 1.27 bits per heavy atom. The largest absolute Gasteiger partial charge is 0.279 e. The van der Waals surface area contributed by atoms with E-state index in [9.17, 15) is 0 Å². The van der Waals surface area contributed by atoms with Crippen LogP contribution < -0.4 is 4.90 Å². The average molecular weight is 289 g/mol. The van der Waals surface area contributed by atoms with E-state index in [0.29, 0.717) is 5.92 Å². The third kappa shape index (κ3) is 2.98. The predicted molar refractivity (Wildman–Crippen MR) is 90.8 cm³/mol. The van der Waals surface area contributed by atoms with Gasteiger partial charge in [-0.05, 0) is 47.9 Å². The molecule has 0 bridgehead atoms. The van der Waals surface area contributed by atoms with E-state index in [1.807, 2.05) is 36.4 Å². The molecular weight excluding hydrogens is 270 g/mol. The van der Waals surface area contributed by atoms with Crippen molar-refractivity contribution < 1.29 is 0 Å². The van der Waals surface area contributed by atoms with E-state index in [-0.39, 0.29) is 0 Å². The zero-order valence-electron chi connectivity index (χ0n) is 12.8. The van der Waals surface area contributed by atoms with Crippen molar-refractivity contribution in [1.29, 1.82) is 0 Å². The molecule has 2 aromatic heterocycles. The third-order valence-corrected chi connectivity index (χ3v) is 3.57. The molecule has 3 aromatic rings. The second kappa shape index (κ2) is 6.39. The molecule has 0 N–H and O–H groups in total. The van der Waals surface area contributed by atoms with Gasteiger partial charge in [0.2, 0.25) is 0 Å². The summed E-state index contributed by atoms with van der Waals surface area (Å²) in [6, 6.07) is 20.4. The third-order valence-electron chi connectivity index (χ3n) is 3.57. The zero-order valence-corrected chi connectivity index (χ0v) is 12.8. The van der Waals surface area contributed by atoms with Crippen LogP contribution in [0.4, 0.5) is 17.3 Å². The van der Waals surface area contributed by atoms with Crippen LogP contribution in [-0.4, -0.2) is 9.97 Å². The first-order valence-electron chi connectivity index (χ1n) is 7.48. The van der Waals surface area contributed by atoms with Crippen molar-refractivity contribution in [1.82, 2.24) is 9.97 Å². The average Bonchev–Trinajstić information content (AvgIpc) is 2.57.